The quantitative estimate of drug-likeness (QED) is 0.0486. The molecule has 1 atom stereocenters. The number of hydrogen-bond donors (Lipinski definition) is 0. The number of carbonyl (C=O) groups is 4. The van der Waals surface area contributed by atoms with Gasteiger partial charge < -0.3 is 28.4 Å². The van der Waals surface area contributed by atoms with E-state index in [1.54, 1.807) is 26.8 Å². The lowest BCUT2D eigenvalue weighted by molar-refractivity contribution is -0.163. The number of hydrogen-bond acceptors (Lipinski definition) is 15. The van der Waals surface area contributed by atoms with Gasteiger partial charge in [-0.1, -0.05) is 67.1 Å². The van der Waals surface area contributed by atoms with E-state index in [0.29, 0.717) is 71.9 Å². The van der Waals surface area contributed by atoms with Crippen molar-refractivity contribution in [1.29, 1.82) is 0 Å². The van der Waals surface area contributed by atoms with E-state index in [1.165, 1.54) is 12.1 Å². The van der Waals surface area contributed by atoms with Crippen molar-refractivity contribution in [3.05, 3.63) is 88.5 Å². The lowest BCUT2D eigenvalue weighted by Gasteiger charge is -2.36. The Morgan fingerprint density at radius 2 is 1.05 bits per heavy atom. The highest BCUT2D eigenvalue weighted by molar-refractivity contribution is 5.79. The molecule has 0 saturated carbocycles. The fourth-order valence-corrected chi connectivity index (χ4v) is 9.71. The molecule has 15 nitrogen and oxygen atoms in total. The Hall–Kier alpha value is -5.37. The zero-order valence-corrected chi connectivity index (χ0v) is 50.6. The van der Waals surface area contributed by atoms with Gasteiger partial charge in [-0.3, -0.25) is 43.7 Å². The van der Waals surface area contributed by atoms with Crippen molar-refractivity contribution in [2.24, 2.45) is 0 Å². The number of nitrogens with zero attached hydrogens (tertiary/aromatic N) is 5. The average Bonchev–Trinajstić information content (AvgIpc) is 3.35. The second kappa shape index (κ2) is 29.7. The summed E-state index contributed by atoms with van der Waals surface area (Å²) in [6, 6.07) is 17.5. The van der Waals surface area contributed by atoms with E-state index < -0.39 is 46.2 Å². The highest BCUT2D eigenvalue weighted by Gasteiger charge is 2.37. The van der Waals surface area contributed by atoms with Gasteiger partial charge in [0.1, 0.15) is 40.8 Å². The van der Waals surface area contributed by atoms with Crippen LogP contribution in [0.1, 0.15) is 130 Å². The summed E-state index contributed by atoms with van der Waals surface area (Å²) in [5, 5.41) is 0. The van der Waals surface area contributed by atoms with Crippen molar-refractivity contribution >= 4 is 36.0 Å². The molecule has 3 aromatic carbocycles. The first-order valence-corrected chi connectivity index (χ1v) is 28.6. The van der Waals surface area contributed by atoms with E-state index in [4.69, 9.17) is 28.4 Å². The number of ether oxygens (including phenoxy) is 6. The summed E-state index contributed by atoms with van der Waals surface area (Å²) in [5.41, 5.74) is 0.280. The van der Waals surface area contributed by atoms with Gasteiger partial charge in [-0.05, 0) is 149 Å². The van der Waals surface area contributed by atoms with Crippen LogP contribution in [-0.2, 0) is 55.6 Å². The predicted molar refractivity (Wildman–Crippen MR) is 310 cm³/mol. The van der Waals surface area contributed by atoms with E-state index >= 15 is 13.2 Å². The van der Waals surface area contributed by atoms with Crippen molar-refractivity contribution in [2.75, 3.05) is 105 Å². The molecule has 0 N–H and O–H groups in total. The number of rotatable bonds is 19. The zero-order chi connectivity index (χ0) is 59.8. The number of esters is 4. The Morgan fingerprint density at radius 1 is 0.556 bits per heavy atom. The standard InChI is InChI=1S/C63H92F3N5O10/c1-46-47(22-19-23-51(46)48-20-15-14-16-21-48)25-26-49-41-54(50(40-52(49)63(64,65)66)42-71-27-18-17-24-53(71)58(75)81-62(11,12)13)77-39-38-76-37-36-67-28-30-68(43-55(72)78-59(2,3)4)32-34-70(45-57(74)80-61(8,9)10)35-33-69(31-29-67)44-56(73)79-60(5,6)7/h14-16,19-23,25-26,40-41,53H,17-18,24,27-39,42-45H2,1-13H3/b26-25+/t53-/m1/s1. The molecule has 0 spiro atoms. The largest absolute Gasteiger partial charge is 0.491 e. The third-order valence-electron chi connectivity index (χ3n) is 13.4. The molecule has 0 aromatic heterocycles. The Kier molecular flexibility index (Phi) is 24.4. The summed E-state index contributed by atoms with van der Waals surface area (Å²) in [6.45, 7) is 29.0. The molecule has 2 aliphatic heterocycles. The molecule has 2 heterocycles. The summed E-state index contributed by atoms with van der Waals surface area (Å²) >= 11 is 0. The highest BCUT2D eigenvalue weighted by atomic mass is 19.4. The van der Waals surface area contributed by atoms with Gasteiger partial charge >= 0.3 is 30.1 Å². The number of carbonyl (C=O) groups excluding carboxylic acids is 4. The Labute approximate surface area is 480 Å². The molecule has 2 saturated heterocycles. The molecule has 0 unspecified atom stereocenters. The van der Waals surface area contributed by atoms with Crippen molar-refractivity contribution in [1.82, 2.24) is 24.5 Å². The summed E-state index contributed by atoms with van der Waals surface area (Å²) in [6.07, 6.45) is 0.543. The first-order chi connectivity index (χ1) is 37.8. The van der Waals surface area contributed by atoms with Crippen LogP contribution in [0.2, 0.25) is 0 Å². The minimum atomic E-state index is -4.71. The van der Waals surface area contributed by atoms with Gasteiger partial charge in [-0.25, -0.2) is 0 Å². The summed E-state index contributed by atoms with van der Waals surface area (Å²) < 4.78 is 81.2. The van der Waals surface area contributed by atoms with Crippen molar-refractivity contribution in [3.63, 3.8) is 0 Å². The van der Waals surface area contributed by atoms with Gasteiger partial charge in [0, 0.05) is 71.0 Å². The number of alkyl halides is 3. The second-order valence-electron chi connectivity index (χ2n) is 25.2. The third kappa shape index (κ3) is 24.2. The zero-order valence-electron chi connectivity index (χ0n) is 50.6. The first kappa shape index (κ1) is 66.4. The van der Waals surface area contributed by atoms with Crippen molar-refractivity contribution in [2.45, 2.75) is 150 Å². The minimum absolute atomic E-state index is 0.0162. The predicted octanol–water partition coefficient (Wildman–Crippen LogP) is 10.2. The SMILES string of the molecule is Cc1c(/C=C/c2cc(OCCOCCN3CCN(CC(=O)OC(C)(C)C)CCN(CC(=O)OC(C)(C)C)CCN(CC(=O)OC(C)(C)C)CC3)c(CN3CCCC[C@@H]3C(=O)OC(C)(C)C)cc2C(F)(F)F)cccc1-c1ccccc1. The maximum absolute atomic E-state index is 15.2. The van der Waals surface area contributed by atoms with Crippen LogP contribution < -0.4 is 4.74 Å². The fourth-order valence-electron chi connectivity index (χ4n) is 9.71. The maximum atomic E-state index is 15.2. The van der Waals surface area contributed by atoms with Crippen LogP contribution in [0.15, 0.2) is 60.7 Å². The molecule has 0 amide bonds. The summed E-state index contributed by atoms with van der Waals surface area (Å²) in [7, 11) is 0. The van der Waals surface area contributed by atoms with Gasteiger partial charge in [0.15, 0.2) is 0 Å². The average molecular weight is 1140 g/mol. The number of likely N-dealkylation sites (tertiary alicyclic amines) is 1. The molecule has 81 heavy (non-hydrogen) atoms. The molecule has 0 aliphatic carbocycles. The fraction of sp³-hybridized carbons (Fsp3) is 0.619. The highest BCUT2D eigenvalue weighted by Crippen LogP contribution is 2.39. The van der Waals surface area contributed by atoms with Crippen LogP contribution in [0.4, 0.5) is 13.2 Å². The minimum Gasteiger partial charge on any atom is -0.491 e. The normalized spacial score (nSPS) is 17.8. The van der Waals surface area contributed by atoms with Gasteiger partial charge in [-0.2, -0.15) is 13.2 Å². The van der Waals surface area contributed by atoms with Crippen LogP contribution in [-0.4, -0.2) is 182 Å². The topological polar surface area (TPSA) is 140 Å². The van der Waals surface area contributed by atoms with Gasteiger partial charge in [0.25, 0.3) is 0 Å². The Balaban J connectivity index is 1.37. The molecular formula is C63H92F3N5O10. The van der Waals surface area contributed by atoms with E-state index in [-0.39, 0.29) is 80.8 Å². The number of halogens is 3. The van der Waals surface area contributed by atoms with Gasteiger partial charge in [-0.15, -0.1) is 0 Å². The van der Waals surface area contributed by atoms with Crippen LogP contribution in [0, 0.1) is 6.92 Å². The van der Waals surface area contributed by atoms with Crippen LogP contribution in [0.5, 0.6) is 5.75 Å². The molecule has 0 bridgehead atoms. The third-order valence-corrected chi connectivity index (χ3v) is 13.4. The maximum Gasteiger partial charge on any atom is 0.417 e. The molecule has 5 rings (SSSR count). The smallest absolute Gasteiger partial charge is 0.417 e. The molecule has 450 valence electrons. The lowest BCUT2D eigenvalue weighted by Crippen LogP contribution is -2.49. The van der Waals surface area contributed by atoms with E-state index in [0.717, 1.165) is 41.2 Å². The van der Waals surface area contributed by atoms with Crippen LogP contribution in [0.25, 0.3) is 23.3 Å². The van der Waals surface area contributed by atoms with E-state index in [9.17, 15) is 19.2 Å². The molecule has 18 heteroatoms. The summed E-state index contributed by atoms with van der Waals surface area (Å²) in [4.78, 5) is 63.3. The monoisotopic (exact) mass is 1140 g/mol. The lowest BCUT2D eigenvalue weighted by atomic mass is 9.95. The van der Waals surface area contributed by atoms with Crippen molar-refractivity contribution in [3.8, 4) is 16.9 Å². The summed E-state index contributed by atoms with van der Waals surface area (Å²) in [5.74, 6) is -1.27. The van der Waals surface area contributed by atoms with Crippen LogP contribution >= 0.6 is 0 Å². The van der Waals surface area contributed by atoms with E-state index in [1.807, 2.05) is 137 Å². The number of piperidine rings is 1. The molecule has 2 fully saturated rings. The second-order valence-corrected chi connectivity index (χ2v) is 25.2. The number of benzene rings is 3. The van der Waals surface area contributed by atoms with Crippen LogP contribution in [0.3, 0.4) is 0 Å². The Bertz CT molecular complexity index is 2500. The molecule has 0 radical (unpaired) electrons. The molecule has 3 aromatic rings. The molecular weight excluding hydrogens is 1040 g/mol. The van der Waals surface area contributed by atoms with Gasteiger partial charge in [0.05, 0.1) is 38.4 Å². The molecule has 2 aliphatic rings. The van der Waals surface area contributed by atoms with Crippen molar-refractivity contribution < 1.29 is 60.8 Å². The Morgan fingerprint density at radius 3 is 1.54 bits per heavy atom. The van der Waals surface area contributed by atoms with E-state index in [2.05, 4.69) is 4.90 Å². The first-order valence-electron chi connectivity index (χ1n) is 28.6. The van der Waals surface area contributed by atoms with Gasteiger partial charge in [0.2, 0.25) is 0 Å².